The van der Waals surface area contributed by atoms with Crippen molar-refractivity contribution < 1.29 is 4.74 Å². The second-order valence-electron chi connectivity index (χ2n) is 4.59. The van der Waals surface area contributed by atoms with Crippen LogP contribution in [0.3, 0.4) is 0 Å². The third-order valence-electron chi connectivity index (χ3n) is 3.57. The van der Waals surface area contributed by atoms with Gasteiger partial charge in [0, 0.05) is 24.8 Å². The number of anilines is 1. The van der Waals surface area contributed by atoms with Gasteiger partial charge in [-0.3, -0.25) is 0 Å². The van der Waals surface area contributed by atoms with Crippen molar-refractivity contribution in [3.8, 4) is 5.75 Å². The van der Waals surface area contributed by atoms with Crippen molar-refractivity contribution in [3.63, 3.8) is 0 Å². The number of nitrogens with two attached hydrogens (primary N) is 1. The summed E-state index contributed by atoms with van der Waals surface area (Å²) < 4.78 is 6.22. The number of hydrogen-bond donors (Lipinski definition) is 1. The highest BCUT2D eigenvalue weighted by atomic mass is 79.9. The summed E-state index contributed by atoms with van der Waals surface area (Å²) in [4.78, 5) is 2.28. The van der Waals surface area contributed by atoms with Gasteiger partial charge >= 0.3 is 0 Å². The van der Waals surface area contributed by atoms with Crippen molar-refractivity contribution in [2.45, 2.75) is 31.3 Å². The molecule has 0 spiro atoms. The number of ether oxygens (including phenoxy) is 1. The third-order valence-corrected chi connectivity index (χ3v) is 4.19. The predicted octanol–water partition coefficient (Wildman–Crippen LogP) is 2.77. The molecule has 0 radical (unpaired) electrons. The van der Waals surface area contributed by atoms with E-state index in [4.69, 9.17) is 10.5 Å². The molecule has 2 unspecified atom stereocenters. The van der Waals surface area contributed by atoms with E-state index >= 15 is 0 Å². The quantitative estimate of drug-likeness (QED) is 0.932. The van der Waals surface area contributed by atoms with E-state index < -0.39 is 0 Å². The Labute approximate surface area is 111 Å². The van der Waals surface area contributed by atoms with Crippen LogP contribution in [-0.2, 0) is 0 Å². The zero-order valence-electron chi connectivity index (χ0n) is 10.3. The van der Waals surface area contributed by atoms with Gasteiger partial charge in [-0.1, -0.05) is 0 Å². The standard InChI is InChI=1S/C13H19BrN2O/c1-16(12-5-3-4-11(12)15)9-6-7-13(17-2)10(14)8-9/h6-8,11-12H,3-5,15H2,1-2H3. The molecule has 4 heteroatoms. The van der Waals surface area contributed by atoms with Crippen LogP contribution in [0.4, 0.5) is 5.69 Å². The molecule has 0 bridgehead atoms. The van der Waals surface area contributed by atoms with Crippen LogP contribution in [-0.4, -0.2) is 26.2 Å². The molecule has 0 amide bonds. The second-order valence-corrected chi connectivity index (χ2v) is 5.45. The minimum Gasteiger partial charge on any atom is -0.496 e. The van der Waals surface area contributed by atoms with E-state index in [9.17, 15) is 0 Å². The number of methoxy groups -OCH3 is 1. The Bertz CT molecular complexity index is 397. The molecule has 1 aromatic rings. The molecule has 2 atom stereocenters. The number of rotatable bonds is 3. The Balaban J connectivity index is 2.19. The van der Waals surface area contributed by atoms with E-state index in [1.54, 1.807) is 7.11 Å². The first-order valence-electron chi connectivity index (χ1n) is 5.95. The summed E-state index contributed by atoms with van der Waals surface area (Å²) in [5, 5.41) is 0. The van der Waals surface area contributed by atoms with Crippen molar-refractivity contribution >= 4 is 21.6 Å². The van der Waals surface area contributed by atoms with E-state index in [0.29, 0.717) is 12.1 Å². The fourth-order valence-corrected chi connectivity index (χ4v) is 3.04. The van der Waals surface area contributed by atoms with Gasteiger partial charge in [0.05, 0.1) is 11.6 Å². The molecule has 2 N–H and O–H groups in total. The number of benzene rings is 1. The lowest BCUT2D eigenvalue weighted by Gasteiger charge is -2.30. The molecule has 2 rings (SSSR count). The molecule has 0 aliphatic heterocycles. The average Bonchev–Trinajstić information content (AvgIpc) is 2.74. The summed E-state index contributed by atoms with van der Waals surface area (Å²) in [7, 11) is 3.79. The van der Waals surface area contributed by atoms with E-state index in [-0.39, 0.29) is 0 Å². The molecule has 1 fully saturated rings. The number of halogens is 1. The summed E-state index contributed by atoms with van der Waals surface area (Å²) in [6, 6.07) is 6.89. The molecule has 94 valence electrons. The molecule has 1 saturated carbocycles. The van der Waals surface area contributed by atoms with Gasteiger partial charge in [0.15, 0.2) is 0 Å². The smallest absolute Gasteiger partial charge is 0.133 e. The molecule has 1 aromatic carbocycles. The van der Waals surface area contributed by atoms with Crippen LogP contribution in [0.5, 0.6) is 5.75 Å². The monoisotopic (exact) mass is 298 g/mol. The minimum atomic E-state index is 0.292. The molecule has 1 aliphatic carbocycles. The average molecular weight is 299 g/mol. The van der Waals surface area contributed by atoms with Crippen molar-refractivity contribution in [2.24, 2.45) is 5.73 Å². The first-order chi connectivity index (χ1) is 8.13. The van der Waals surface area contributed by atoms with Gasteiger partial charge in [-0.05, 0) is 53.4 Å². The largest absolute Gasteiger partial charge is 0.496 e. The minimum absolute atomic E-state index is 0.292. The molecule has 0 saturated heterocycles. The van der Waals surface area contributed by atoms with Gasteiger partial charge < -0.3 is 15.4 Å². The first kappa shape index (κ1) is 12.7. The summed E-state index contributed by atoms with van der Waals surface area (Å²) in [6.07, 6.45) is 3.54. The van der Waals surface area contributed by atoms with Crippen molar-refractivity contribution in [1.82, 2.24) is 0 Å². The van der Waals surface area contributed by atoms with E-state index in [2.05, 4.69) is 40.0 Å². The van der Waals surface area contributed by atoms with Crippen LogP contribution in [0, 0.1) is 0 Å². The fourth-order valence-electron chi connectivity index (χ4n) is 2.52. The summed E-state index contributed by atoms with van der Waals surface area (Å²) in [6.45, 7) is 0. The Kier molecular flexibility index (Phi) is 3.94. The molecule has 1 aliphatic rings. The van der Waals surface area contributed by atoms with Crippen LogP contribution in [0.2, 0.25) is 0 Å². The highest BCUT2D eigenvalue weighted by Gasteiger charge is 2.27. The van der Waals surface area contributed by atoms with E-state index in [0.717, 1.165) is 16.6 Å². The molecule has 3 nitrogen and oxygen atoms in total. The van der Waals surface area contributed by atoms with Gasteiger partial charge in [0.2, 0.25) is 0 Å². The van der Waals surface area contributed by atoms with Gasteiger partial charge in [-0.25, -0.2) is 0 Å². The van der Waals surface area contributed by atoms with Crippen LogP contribution in [0.15, 0.2) is 22.7 Å². The number of likely N-dealkylation sites (N-methyl/N-ethyl adjacent to an activating group) is 1. The van der Waals surface area contributed by atoms with Crippen molar-refractivity contribution in [3.05, 3.63) is 22.7 Å². The van der Waals surface area contributed by atoms with Gasteiger partial charge in [0.1, 0.15) is 5.75 Å². The highest BCUT2D eigenvalue weighted by Crippen LogP contribution is 2.32. The Morgan fingerprint density at radius 2 is 2.18 bits per heavy atom. The normalized spacial score (nSPS) is 23.8. The summed E-state index contributed by atoms with van der Waals surface area (Å²) >= 11 is 3.52. The Morgan fingerprint density at radius 1 is 1.41 bits per heavy atom. The van der Waals surface area contributed by atoms with Crippen molar-refractivity contribution in [1.29, 1.82) is 0 Å². The number of hydrogen-bond acceptors (Lipinski definition) is 3. The fraction of sp³-hybridized carbons (Fsp3) is 0.538. The Morgan fingerprint density at radius 3 is 2.71 bits per heavy atom. The first-order valence-corrected chi connectivity index (χ1v) is 6.74. The topological polar surface area (TPSA) is 38.5 Å². The molecule has 17 heavy (non-hydrogen) atoms. The molecule has 0 aromatic heterocycles. The summed E-state index contributed by atoms with van der Waals surface area (Å²) in [5.74, 6) is 0.859. The van der Waals surface area contributed by atoms with Crippen LogP contribution < -0.4 is 15.4 Å². The lowest BCUT2D eigenvalue weighted by molar-refractivity contribution is 0.412. The zero-order chi connectivity index (χ0) is 12.4. The van der Waals surface area contributed by atoms with Crippen LogP contribution >= 0.6 is 15.9 Å². The lowest BCUT2D eigenvalue weighted by Crippen LogP contribution is -2.42. The summed E-state index contributed by atoms with van der Waals surface area (Å²) in [5.41, 5.74) is 7.31. The maximum atomic E-state index is 6.13. The molecular weight excluding hydrogens is 280 g/mol. The maximum absolute atomic E-state index is 6.13. The second kappa shape index (κ2) is 5.27. The van der Waals surface area contributed by atoms with Crippen molar-refractivity contribution in [2.75, 3.05) is 19.1 Å². The van der Waals surface area contributed by atoms with Crippen LogP contribution in [0.1, 0.15) is 19.3 Å². The molecule has 0 heterocycles. The molecular formula is C13H19BrN2O. The van der Waals surface area contributed by atoms with Crippen LogP contribution in [0.25, 0.3) is 0 Å². The van der Waals surface area contributed by atoms with E-state index in [1.165, 1.54) is 18.5 Å². The van der Waals surface area contributed by atoms with Gasteiger partial charge in [-0.2, -0.15) is 0 Å². The van der Waals surface area contributed by atoms with Gasteiger partial charge in [-0.15, -0.1) is 0 Å². The Hall–Kier alpha value is -0.740. The van der Waals surface area contributed by atoms with E-state index in [1.807, 2.05) is 6.07 Å². The zero-order valence-corrected chi connectivity index (χ0v) is 11.9. The predicted molar refractivity (Wildman–Crippen MR) is 74.7 cm³/mol. The SMILES string of the molecule is COc1ccc(N(C)C2CCCC2N)cc1Br. The number of nitrogens with zero attached hydrogens (tertiary/aromatic N) is 1. The maximum Gasteiger partial charge on any atom is 0.133 e. The van der Waals surface area contributed by atoms with Gasteiger partial charge in [0.25, 0.3) is 0 Å². The highest BCUT2D eigenvalue weighted by molar-refractivity contribution is 9.10. The lowest BCUT2D eigenvalue weighted by atomic mass is 10.1. The third kappa shape index (κ3) is 2.58.